The minimum Gasteiger partial charge on any atom is -0.354 e. The predicted molar refractivity (Wildman–Crippen MR) is 91.1 cm³/mol. The fourth-order valence-electron chi connectivity index (χ4n) is 1.62. The Morgan fingerprint density at radius 3 is 2.53 bits per heavy atom. The van der Waals surface area contributed by atoms with Crippen molar-refractivity contribution in [2.24, 2.45) is 0 Å². The summed E-state index contributed by atoms with van der Waals surface area (Å²) in [6.07, 6.45) is -0.0310. The molecule has 0 bridgehead atoms. The number of hydrogen-bond acceptors (Lipinski definition) is 3. The number of methoxy groups -OCH3 is 2. The van der Waals surface area contributed by atoms with Crippen molar-refractivity contribution >= 4 is 51.1 Å². The molecule has 1 N–H and O–H groups in total. The Morgan fingerprint density at radius 2 is 1.95 bits per heavy atom. The molecule has 1 aromatic carbocycles. The van der Waals surface area contributed by atoms with Gasteiger partial charge in [0.25, 0.3) is 0 Å². The van der Waals surface area contributed by atoms with E-state index in [1.165, 1.54) is 9.13 Å². The van der Waals surface area contributed by atoms with Crippen LogP contribution in [-0.4, -0.2) is 33.0 Å². The summed E-state index contributed by atoms with van der Waals surface area (Å²) in [5.41, 5.74) is 2.22. The molecule has 0 fully saturated rings. The van der Waals surface area contributed by atoms with Gasteiger partial charge < -0.3 is 14.8 Å². The van der Waals surface area contributed by atoms with E-state index in [2.05, 4.69) is 56.6 Å². The maximum absolute atomic E-state index is 11.9. The lowest BCUT2D eigenvalue weighted by Crippen LogP contribution is -2.35. The van der Waals surface area contributed by atoms with Crippen molar-refractivity contribution in [2.75, 3.05) is 20.8 Å². The lowest BCUT2D eigenvalue weighted by atomic mass is 10.1. The molecule has 19 heavy (non-hydrogen) atoms. The van der Waals surface area contributed by atoms with Crippen LogP contribution in [0.4, 0.5) is 0 Å². The standard InChI is InChI=1S/C13H17I2NO3/c1-8-4-9(13(15)10(14)5-8)6-11(17)16-7-12(18-2)19-3/h4-5,12H,6-7H2,1-3H3,(H,16,17). The smallest absolute Gasteiger partial charge is 0.224 e. The molecule has 0 heterocycles. The Morgan fingerprint density at radius 1 is 1.32 bits per heavy atom. The fraction of sp³-hybridized carbons (Fsp3) is 0.462. The number of rotatable bonds is 6. The van der Waals surface area contributed by atoms with E-state index in [9.17, 15) is 4.79 Å². The highest BCUT2D eigenvalue weighted by molar-refractivity contribution is 14.1. The highest BCUT2D eigenvalue weighted by Gasteiger charge is 2.12. The summed E-state index contributed by atoms with van der Waals surface area (Å²) in [4.78, 5) is 11.9. The predicted octanol–water partition coefficient (Wildman–Crippen LogP) is 2.48. The lowest BCUT2D eigenvalue weighted by molar-refractivity contribution is -0.126. The molecule has 0 radical (unpaired) electrons. The highest BCUT2D eigenvalue weighted by Crippen LogP contribution is 2.21. The SMILES string of the molecule is COC(CNC(=O)Cc1cc(C)cc(I)c1I)OC. The van der Waals surface area contributed by atoms with Gasteiger partial charge in [0.15, 0.2) is 6.29 Å². The van der Waals surface area contributed by atoms with E-state index in [4.69, 9.17) is 9.47 Å². The number of hydrogen-bond donors (Lipinski definition) is 1. The summed E-state index contributed by atoms with van der Waals surface area (Å²) in [5, 5.41) is 2.80. The molecule has 0 aliphatic heterocycles. The summed E-state index contributed by atoms with van der Waals surface area (Å²) in [7, 11) is 3.10. The van der Waals surface area contributed by atoms with Crippen molar-refractivity contribution in [3.05, 3.63) is 30.4 Å². The van der Waals surface area contributed by atoms with E-state index in [0.29, 0.717) is 13.0 Å². The quantitative estimate of drug-likeness (QED) is 0.494. The summed E-state index contributed by atoms with van der Waals surface area (Å²) in [6, 6.07) is 4.16. The second-order valence-electron chi connectivity index (χ2n) is 4.10. The maximum atomic E-state index is 11.9. The second kappa shape index (κ2) is 8.38. The van der Waals surface area contributed by atoms with Gasteiger partial charge in [0.1, 0.15) is 0 Å². The molecule has 0 aromatic heterocycles. The zero-order chi connectivity index (χ0) is 14.4. The molecule has 0 unspecified atom stereocenters. The highest BCUT2D eigenvalue weighted by atomic mass is 127. The van der Waals surface area contributed by atoms with E-state index < -0.39 is 6.29 Å². The van der Waals surface area contributed by atoms with Crippen LogP contribution in [0.3, 0.4) is 0 Å². The molecule has 0 saturated heterocycles. The monoisotopic (exact) mass is 489 g/mol. The molecule has 0 atom stereocenters. The van der Waals surface area contributed by atoms with Gasteiger partial charge in [-0.3, -0.25) is 4.79 Å². The van der Waals surface area contributed by atoms with E-state index in [1.807, 2.05) is 13.0 Å². The number of amides is 1. The van der Waals surface area contributed by atoms with Crippen LogP contribution in [0, 0.1) is 14.1 Å². The van der Waals surface area contributed by atoms with Crippen LogP contribution < -0.4 is 5.32 Å². The van der Waals surface area contributed by atoms with Crippen LogP contribution in [0.15, 0.2) is 12.1 Å². The van der Waals surface area contributed by atoms with Gasteiger partial charge in [-0.25, -0.2) is 0 Å². The average Bonchev–Trinajstić information content (AvgIpc) is 2.36. The minimum absolute atomic E-state index is 0.0292. The Hall–Kier alpha value is 0.0700. The summed E-state index contributed by atoms with van der Waals surface area (Å²) in [5.74, 6) is -0.0292. The third-order valence-corrected chi connectivity index (χ3v) is 5.75. The second-order valence-corrected chi connectivity index (χ2v) is 6.34. The average molecular weight is 489 g/mol. The number of carbonyl (C=O) groups excluding carboxylic acids is 1. The van der Waals surface area contributed by atoms with Crippen LogP contribution in [0.25, 0.3) is 0 Å². The van der Waals surface area contributed by atoms with Crippen molar-refractivity contribution in [3.63, 3.8) is 0 Å². The van der Waals surface area contributed by atoms with Gasteiger partial charge >= 0.3 is 0 Å². The molecule has 6 heteroatoms. The van der Waals surface area contributed by atoms with Gasteiger partial charge in [0.05, 0.1) is 13.0 Å². The molecule has 4 nitrogen and oxygen atoms in total. The zero-order valence-electron chi connectivity index (χ0n) is 11.1. The minimum atomic E-state index is -0.402. The number of halogens is 2. The van der Waals surface area contributed by atoms with E-state index in [-0.39, 0.29) is 5.91 Å². The fourth-order valence-corrected chi connectivity index (χ4v) is 2.96. The molecular weight excluding hydrogens is 472 g/mol. The Bertz CT molecular complexity index is 448. The van der Waals surface area contributed by atoms with E-state index in [1.54, 1.807) is 14.2 Å². The molecule has 0 aliphatic carbocycles. The lowest BCUT2D eigenvalue weighted by Gasteiger charge is -2.14. The molecule has 1 rings (SSSR count). The normalized spacial score (nSPS) is 10.8. The van der Waals surface area contributed by atoms with Gasteiger partial charge in [-0.05, 0) is 69.3 Å². The van der Waals surface area contributed by atoms with Gasteiger partial charge in [-0.2, -0.15) is 0 Å². The van der Waals surface area contributed by atoms with Gasteiger partial charge in [-0.15, -0.1) is 0 Å². The van der Waals surface area contributed by atoms with Gasteiger partial charge in [-0.1, -0.05) is 6.07 Å². The third-order valence-electron chi connectivity index (χ3n) is 2.59. The first kappa shape index (κ1) is 17.1. The van der Waals surface area contributed by atoms with Crippen LogP contribution in [0.5, 0.6) is 0 Å². The third kappa shape index (κ3) is 5.52. The molecule has 0 saturated carbocycles. The number of ether oxygens (including phenoxy) is 2. The number of aryl methyl sites for hydroxylation is 1. The van der Waals surface area contributed by atoms with Crippen molar-refractivity contribution in [1.29, 1.82) is 0 Å². The number of nitrogens with one attached hydrogen (secondary N) is 1. The first-order valence-corrected chi connectivity index (χ1v) is 7.90. The molecule has 0 aliphatic rings. The Labute approximate surface area is 140 Å². The van der Waals surface area contributed by atoms with Crippen molar-refractivity contribution in [1.82, 2.24) is 5.32 Å². The van der Waals surface area contributed by atoms with E-state index in [0.717, 1.165) is 9.13 Å². The number of benzene rings is 1. The summed E-state index contributed by atoms with van der Waals surface area (Å²) < 4.78 is 12.4. The molecule has 1 amide bonds. The van der Waals surface area contributed by atoms with Crippen LogP contribution in [-0.2, 0) is 20.7 Å². The summed E-state index contributed by atoms with van der Waals surface area (Å²) >= 11 is 4.56. The Kier molecular flexibility index (Phi) is 7.55. The maximum Gasteiger partial charge on any atom is 0.224 e. The van der Waals surface area contributed by atoms with Crippen molar-refractivity contribution < 1.29 is 14.3 Å². The summed E-state index contributed by atoms with van der Waals surface area (Å²) in [6.45, 7) is 2.39. The van der Waals surface area contributed by atoms with Crippen LogP contribution >= 0.6 is 45.2 Å². The van der Waals surface area contributed by atoms with Crippen LogP contribution in [0.1, 0.15) is 11.1 Å². The van der Waals surface area contributed by atoms with Gasteiger partial charge in [0, 0.05) is 21.4 Å². The Balaban J connectivity index is 2.62. The first-order chi connectivity index (χ1) is 8.97. The largest absolute Gasteiger partial charge is 0.354 e. The molecule has 106 valence electrons. The topological polar surface area (TPSA) is 47.6 Å². The molecule has 1 aromatic rings. The van der Waals surface area contributed by atoms with Gasteiger partial charge in [0.2, 0.25) is 5.91 Å². The van der Waals surface area contributed by atoms with Crippen LogP contribution in [0.2, 0.25) is 0 Å². The van der Waals surface area contributed by atoms with Crippen molar-refractivity contribution in [3.8, 4) is 0 Å². The zero-order valence-corrected chi connectivity index (χ0v) is 15.4. The molecular formula is C13H17I2NO3. The number of carbonyl (C=O) groups is 1. The van der Waals surface area contributed by atoms with Crippen molar-refractivity contribution in [2.45, 2.75) is 19.6 Å². The molecule has 0 spiro atoms. The van der Waals surface area contributed by atoms with E-state index >= 15 is 0 Å². The first-order valence-electron chi connectivity index (χ1n) is 5.74.